The van der Waals surface area contributed by atoms with E-state index in [9.17, 15) is 53.9 Å². The average molecular weight is 969 g/mol. The summed E-state index contributed by atoms with van der Waals surface area (Å²) in [5.41, 5.74) is 1.71. The van der Waals surface area contributed by atoms with Crippen LogP contribution in [0, 0.1) is 10.1 Å². The minimum absolute atomic E-state index is 0.0562. The summed E-state index contributed by atoms with van der Waals surface area (Å²) in [5, 5.41) is 62.2. The molecule has 0 atom stereocenters. The quantitative estimate of drug-likeness (QED) is 0.0218. The lowest BCUT2D eigenvalue weighted by Gasteiger charge is -2.12. The van der Waals surface area contributed by atoms with Crippen LogP contribution < -0.4 is 25.4 Å². The Morgan fingerprint density at radius 2 is 0.847 bits per heavy atom. The maximum Gasteiger partial charge on any atom is 0.335 e. The number of nitro groups is 1. The number of non-ortho nitro benzene ring substituents is 1. The summed E-state index contributed by atoms with van der Waals surface area (Å²) >= 11 is 0. The number of carboxylic acids is 2. The summed E-state index contributed by atoms with van der Waals surface area (Å²) < 4.78 is 9.62. The average Bonchev–Trinajstić information content (AvgIpc) is 3.38. The molecule has 0 saturated heterocycles. The predicted octanol–water partition coefficient (Wildman–Crippen LogP) is 11.1. The molecule has 3 amide bonds. The molecule has 7 rings (SSSR count). The molecule has 0 aliphatic carbocycles. The Balaban J connectivity index is 1.09. The van der Waals surface area contributed by atoms with E-state index in [-0.39, 0.29) is 80.7 Å². The number of nitrogens with one attached hydrogen (secondary N) is 3. The first-order valence-electron chi connectivity index (χ1n) is 20.6. The highest BCUT2D eigenvalue weighted by atomic mass is 16.6. The summed E-state index contributed by atoms with van der Waals surface area (Å²) in [4.78, 5) is 96.4. The van der Waals surface area contributed by atoms with Gasteiger partial charge < -0.3 is 35.6 Å². The van der Waals surface area contributed by atoms with Crippen molar-refractivity contribution in [2.24, 2.45) is 30.7 Å². The Morgan fingerprint density at radius 3 is 1.25 bits per heavy atom. The van der Waals surface area contributed by atoms with Crippen LogP contribution in [0.4, 0.5) is 56.9 Å². The number of hydrogen-bond donors (Lipinski definition) is 5. The number of carbonyl (C=O) groups excluding carboxylic acids is 5. The molecular weight excluding hydrogens is 937 g/mol. The predicted molar refractivity (Wildman–Crippen MR) is 255 cm³/mol. The lowest BCUT2D eigenvalue weighted by molar-refractivity contribution is -0.384. The Bertz CT molecular complexity index is 3340. The lowest BCUT2D eigenvalue weighted by Crippen LogP contribution is -2.19. The number of anilines is 3. The fourth-order valence-corrected chi connectivity index (χ4v) is 6.21. The highest BCUT2D eigenvalue weighted by Crippen LogP contribution is 2.31. The Hall–Kier alpha value is -11.0. The van der Waals surface area contributed by atoms with Crippen LogP contribution >= 0.6 is 0 Å². The number of nitrogens with zero attached hydrogens (tertiary/aromatic N) is 7. The van der Waals surface area contributed by atoms with E-state index in [0.717, 1.165) is 12.1 Å². The van der Waals surface area contributed by atoms with E-state index in [0.29, 0.717) is 28.4 Å². The number of benzene rings is 7. The molecule has 0 spiro atoms. The van der Waals surface area contributed by atoms with Gasteiger partial charge in [0.25, 0.3) is 36.4 Å². The Kier molecular flexibility index (Phi) is 15.4. The third-order valence-electron chi connectivity index (χ3n) is 9.69. The standard InChI is InChI=1S/C49H32N10O13/c60-26-71-42-23-32(49(67)68)22-40(25-42)57-55-37-10-4-34(5-11-37)51-46(63)30-19-29(45(62)50-33-2-8-36(9-3-33)53-54-39-14-16-41(17-15-39)59(69)70)20-31(21-30)47(64)52-35-6-12-38(13-7-35)56-58-43-18-1-28(48(65)66)24-44(43)72-27-61/h1-27H,(H,50,62)(H,51,63)(H,52,64)(H,65,66)(H,67,68). The smallest absolute Gasteiger partial charge is 0.335 e. The van der Waals surface area contributed by atoms with Crippen molar-refractivity contribution < 1.29 is 58.2 Å². The number of rotatable bonds is 19. The minimum Gasteiger partial charge on any atom is -0.478 e. The second kappa shape index (κ2) is 22.7. The first-order valence-corrected chi connectivity index (χ1v) is 20.6. The fraction of sp³-hybridized carbons (Fsp3) is 0. The van der Waals surface area contributed by atoms with Gasteiger partial charge in [-0.05, 0) is 133 Å². The molecule has 23 heteroatoms. The molecule has 0 aliphatic heterocycles. The van der Waals surface area contributed by atoms with Crippen molar-refractivity contribution in [3.63, 3.8) is 0 Å². The van der Waals surface area contributed by atoms with Crippen LogP contribution in [0.15, 0.2) is 182 Å². The Labute approximate surface area is 404 Å². The van der Waals surface area contributed by atoms with E-state index in [4.69, 9.17) is 9.47 Å². The monoisotopic (exact) mass is 968 g/mol. The molecule has 0 aliphatic rings. The second-order valence-corrected chi connectivity index (χ2v) is 14.6. The number of nitro benzene ring substituents is 1. The summed E-state index contributed by atoms with van der Waals surface area (Å²) in [6.07, 6.45) is 0. The van der Waals surface area contributed by atoms with Crippen LogP contribution in [0.1, 0.15) is 51.8 Å². The van der Waals surface area contributed by atoms with Gasteiger partial charge in [0.2, 0.25) is 0 Å². The fourth-order valence-electron chi connectivity index (χ4n) is 6.21. The minimum atomic E-state index is -1.28. The first-order chi connectivity index (χ1) is 34.7. The summed E-state index contributed by atoms with van der Waals surface area (Å²) in [5.74, 6) is -4.83. The Morgan fingerprint density at radius 1 is 0.444 bits per heavy atom. The number of hydrogen-bond acceptors (Lipinski definition) is 17. The second-order valence-electron chi connectivity index (χ2n) is 14.6. The zero-order chi connectivity index (χ0) is 51.1. The molecule has 0 radical (unpaired) electrons. The molecule has 0 fully saturated rings. The molecular formula is C49H32N10O13. The van der Waals surface area contributed by atoms with Crippen LogP contribution in [0.2, 0.25) is 0 Å². The van der Waals surface area contributed by atoms with Crippen LogP contribution in [0.3, 0.4) is 0 Å². The van der Waals surface area contributed by atoms with Gasteiger partial charge in [-0.25, -0.2) is 9.59 Å². The van der Waals surface area contributed by atoms with Crippen molar-refractivity contribution in [3.8, 4) is 11.5 Å². The van der Waals surface area contributed by atoms with Crippen molar-refractivity contribution in [1.82, 2.24) is 0 Å². The summed E-state index contributed by atoms with van der Waals surface area (Å²) in [6, 6.07) is 34.8. The van der Waals surface area contributed by atoms with E-state index in [1.807, 2.05) is 0 Å². The molecule has 5 N–H and O–H groups in total. The molecule has 7 aromatic carbocycles. The summed E-state index contributed by atoms with van der Waals surface area (Å²) in [7, 11) is 0. The van der Waals surface area contributed by atoms with E-state index in [1.54, 1.807) is 12.1 Å². The number of amides is 3. The molecule has 0 saturated carbocycles. The van der Waals surface area contributed by atoms with Gasteiger partial charge in [-0.3, -0.25) is 34.1 Å². The molecule has 23 nitrogen and oxygen atoms in total. The van der Waals surface area contributed by atoms with Crippen molar-refractivity contribution in [2.45, 2.75) is 0 Å². The molecule has 0 heterocycles. The normalized spacial score (nSPS) is 10.9. The SMILES string of the molecule is O=COc1cc(N=Nc2ccc(NC(=O)c3cc(C(=O)Nc4ccc(N=Nc5ccc([N+](=O)[O-])cc5)cc4)cc(C(=O)Nc4ccc(N=Nc5ccc(C(=O)O)cc5OC=O)cc4)c3)cc2)cc(C(=O)O)c1. The third-order valence-corrected chi connectivity index (χ3v) is 9.69. The zero-order valence-corrected chi connectivity index (χ0v) is 36.6. The topological polar surface area (TPSA) is 332 Å². The van der Waals surface area contributed by atoms with Crippen molar-refractivity contribution in [3.05, 3.63) is 190 Å². The maximum atomic E-state index is 13.8. The largest absolute Gasteiger partial charge is 0.478 e. The van der Waals surface area contributed by atoms with Gasteiger partial charge in [-0.15, -0.1) is 5.11 Å². The van der Waals surface area contributed by atoms with Gasteiger partial charge in [0.05, 0.1) is 44.5 Å². The first kappa shape index (κ1) is 48.9. The number of carboxylic acid groups (broad SMARTS) is 2. The zero-order valence-electron chi connectivity index (χ0n) is 36.6. The number of aromatic carboxylic acids is 2. The maximum absolute atomic E-state index is 13.8. The van der Waals surface area contributed by atoms with Gasteiger partial charge in [0.1, 0.15) is 11.4 Å². The molecule has 0 unspecified atom stereocenters. The molecule has 72 heavy (non-hydrogen) atoms. The van der Waals surface area contributed by atoms with Gasteiger partial charge in [-0.1, -0.05) is 0 Å². The van der Waals surface area contributed by atoms with Gasteiger partial charge in [-0.2, -0.15) is 25.6 Å². The highest BCUT2D eigenvalue weighted by Gasteiger charge is 2.18. The van der Waals surface area contributed by atoms with E-state index < -0.39 is 34.6 Å². The lowest BCUT2D eigenvalue weighted by atomic mass is 10.0. The number of carbonyl (C=O) groups is 7. The van der Waals surface area contributed by atoms with Crippen LogP contribution in [-0.2, 0) is 9.59 Å². The van der Waals surface area contributed by atoms with Gasteiger partial charge >= 0.3 is 11.9 Å². The number of ether oxygens (including phenoxy) is 2. The van der Waals surface area contributed by atoms with Crippen molar-refractivity contribution in [2.75, 3.05) is 16.0 Å². The molecule has 0 bridgehead atoms. The van der Waals surface area contributed by atoms with E-state index in [2.05, 4.69) is 46.6 Å². The van der Waals surface area contributed by atoms with Crippen molar-refractivity contribution in [1.29, 1.82) is 0 Å². The van der Waals surface area contributed by atoms with Gasteiger partial charge in [0, 0.05) is 52.0 Å². The van der Waals surface area contributed by atoms with E-state index >= 15 is 0 Å². The number of azo groups is 3. The van der Waals surface area contributed by atoms with Gasteiger partial charge in [0.15, 0.2) is 5.75 Å². The van der Waals surface area contributed by atoms with E-state index in [1.165, 1.54) is 127 Å². The van der Waals surface area contributed by atoms with Crippen LogP contribution in [-0.4, -0.2) is 57.7 Å². The highest BCUT2D eigenvalue weighted by molar-refractivity contribution is 6.13. The van der Waals surface area contributed by atoms with Crippen LogP contribution in [0.25, 0.3) is 0 Å². The molecule has 7 aromatic rings. The molecule has 0 aromatic heterocycles. The summed E-state index contributed by atoms with van der Waals surface area (Å²) in [6.45, 7) is 0.259. The molecule has 356 valence electrons. The third kappa shape index (κ3) is 13.1. The van der Waals surface area contributed by atoms with Crippen LogP contribution in [0.5, 0.6) is 11.5 Å². The van der Waals surface area contributed by atoms with Crippen molar-refractivity contribution >= 4 is 99.5 Å².